The van der Waals surface area contributed by atoms with Crippen molar-refractivity contribution in [3.63, 3.8) is 0 Å². The maximum atomic E-state index is 12.6. The van der Waals surface area contributed by atoms with Gasteiger partial charge in [0.15, 0.2) is 17.3 Å². The Balaban J connectivity index is 2.35. The molecule has 2 aromatic carbocycles. The van der Waals surface area contributed by atoms with Crippen LogP contribution in [0, 0.1) is 0 Å². The van der Waals surface area contributed by atoms with Gasteiger partial charge < -0.3 is 24.2 Å². The minimum absolute atomic E-state index is 0.371. The highest BCUT2D eigenvalue weighted by Crippen LogP contribution is 2.40. The van der Waals surface area contributed by atoms with E-state index < -0.39 is 11.9 Å². The fraction of sp³-hybridized carbons (Fsp3) is 0.316. The second-order valence-electron chi connectivity index (χ2n) is 5.67. The van der Waals surface area contributed by atoms with Crippen LogP contribution in [0.2, 0.25) is 0 Å². The van der Waals surface area contributed by atoms with E-state index in [0.717, 1.165) is 5.69 Å². The molecule has 0 fully saturated rings. The van der Waals surface area contributed by atoms with E-state index in [4.69, 9.17) is 14.2 Å². The van der Waals surface area contributed by atoms with Crippen molar-refractivity contribution in [2.75, 3.05) is 40.3 Å². The summed E-state index contributed by atoms with van der Waals surface area (Å²) in [7, 11) is 8.29. The molecule has 1 unspecified atom stereocenters. The molecule has 0 radical (unpaired) electrons. The molecule has 1 N–H and O–H groups in total. The summed E-state index contributed by atoms with van der Waals surface area (Å²) in [5.41, 5.74) is 1.77. The molecule has 0 bridgehead atoms. The third-order valence-corrected chi connectivity index (χ3v) is 3.92. The first kappa shape index (κ1) is 18.6. The zero-order chi connectivity index (χ0) is 18.6. The Bertz CT molecular complexity index is 715. The summed E-state index contributed by atoms with van der Waals surface area (Å²) in [6.45, 7) is 0. The Morgan fingerprint density at radius 2 is 1.48 bits per heavy atom. The molecule has 6 nitrogen and oxygen atoms in total. The molecular formula is C19H23NO5. The first-order chi connectivity index (χ1) is 11.9. The van der Waals surface area contributed by atoms with Crippen LogP contribution in [0.15, 0.2) is 36.4 Å². The predicted octanol–water partition coefficient (Wildman–Crippen LogP) is 2.69. The van der Waals surface area contributed by atoms with E-state index in [2.05, 4.69) is 0 Å². The van der Waals surface area contributed by atoms with Gasteiger partial charge in [-0.25, -0.2) is 0 Å². The Morgan fingerprint density at radius 1 is 0.960 bits per heavy atom. The van der Waals surface area contributed by atoms with Crippen molar-refractivity contribution in [2.24, 2.45) is 0 Å². The molecule has 134 valence electrons. The average molecular weight is 345 g/mol. The van der Waals surface area contributed by atoms with Crippen LogP contribution in [0.4, 0.5) is 5.69 Å². The van der Waals surface area contributed by atoms with Gasteiger partial charge in [-0.2, -0.15) is 0 Å². The summed E-state index contributed by atoms with van der Waals surface area (Å²) >= 11 is 0. The van der Waals surface area contributed by atoms with Gasteiger partial charge in [0.2, 0.25) is 5.75 Å². The quantitative estimate of drug-likeness (QED) is 0.778. The third-order valence-electron chi connectivity index (χ3n) is 3.92. The predicted molar refractivity (Wildman–Crippen MR) is 96.2 cm³/mol. The lowest BCUT2D eigenvalue weighted by Gasteiger charge is -2.17. The van der Waals surface area contributed by atoms with Gasteiger partial charge in [0, 0.05) is 25.3 Å². The number of benzene rings is 2. The van der Waals surface area contributed by atoms with Crippen LogP contribution in [-0.4, -0.2) is 46.3 Å². The van der Waals surface area contributed by atoms with E-state index in [9.17, 15) is 9.90 Å². The minimum atomic E-state index is -1.33. The number of aliphatic hydroxyl groups excluding tert-OH is 1. The average Bonchev–Trinajstić information content (AvgIpc) is 2.65. The van der Waals surface area contributed by atoms with Crippen LogP contribution in [0.1, 0.15) is 22.0 Å². The molecule has 0 aromatic heterocycles. The molecule has 0 aliphatic carbocycles. The number of Topliss-reactive ketones (excluding diaryl/α,β-unsaturated/α-hetero) is 1. The lowest BCUT2D eigenvalue weighted by Crippen LogP contribution is -2.14. The Hall–Kier alpha value is -2.73. The maximum absolute atomic E-state index is 12.6. The lowest BCUT2D eigenvalue weighted by atomic mass is 9.99. The van der Waals surface area contributed by atoms with Gasteiger partial charge >= 0.3 is 0 Å². The molecule has 0 aliphatic rings. The number of aliphatic hydroxyl groups is 1. The van der Waals surface area contributed by atoms with Crippen LogP contribution in [0.25, 0.3) is 0 Å². The van der Waals surface area contributed by atoms with Crippen molar-refractivity contribution >= 4 is 11.5 Å². The van der Waals surface area contributed by atoms with E-state index in [0.29, 0.717) is 28.4 Å². The minimum Gasteiger partial charge on any atom is -0.493 e. The van der Waals surface area contributed by atoms with E-state index in [1.807, 2.05) is 31.1 Å². The van der Waals surface area contributed by atoms with E-state index in [-0.39, 0.29) is 0 Å². The van der Waals surface area contributed by atoms with Gasteiger partial charge in [-0.3, -0.25) is 4.79 Å². The number of ketones is 1. The summed E-state index contributed by atoms with van der Waals surface area (Å²) in [6.07, 6.45) is -1.33. The van der Waals surface area contributed by atoms with Gasteiger partial charge in [0.05, 0.1) is 21.3 Å². The van der Waals surface area contributed by atoms with E-state index in [1.165, 1.54) is 21.3 Å². The number of hydrogen-bond acceptors (Lipinski definition) is 6. The second kappa shape index (κ2) is 7.90. The molecule has 6 heteroatoms. The van der Waals surface area contributed by atoms with Crippen molar-refractivity contribution < 1.29 is 24.1 Å². The Morgan fingerprint density at radius 3 is 1.88 bits per heavy atom. The zero-order valence-electron chi connectivity index (χ0n) is 15.1. The number of nitrogens with zero attached hydrogens (tertiary/aromatic N) is 1. The van der Waals surface area contributed by atoms with Crippen LogP contribution < -0.4 is 19.1 Å². The summed E-state index contributed by atoms with van der Waals surface area (Å²) in [6, 6.07) is 10.2. The SMILES string of the molecule is COc1cc(C(O)C(=O)c2ccc(N(C)C)cc2)cc(OC)c1OC. The van der Waals surface area contributed by atoms with Gasteiger partial charge in [0.25, 0.3) is 0 Å². The number of methoxy groups -OCH3 is 3. The first-order valence-corrected chi connectivity index (χ1v) is 7.72. The van der Waals surface area contributed by atoms with Crippen molar-refractivity contribution in [1.29, 1.82) is 0 Å². The smallest absolute Gasteiger partial charge is 0.203 e. The molecule has 0 heterocycles. The fourth-order valence-electron chi connectivity index (χ4n) is 2.49. The van der Waals surface area contributed by atoms with Crippen molar-refractivity contribution in [3.05, 3.63) is 47.5 Å². The standard InChI is InChI=1S/C19H23NO5/c1-20(2)14-8-6-12(7-9-14)17(21)18(22)13-10-15(23-3)19(25-5)16(11-13)24-4/h6-11,18,22H,1-5H3. The number of rotatable bonds is 7. The van der Waals surface area contributed by atoms with Crippen LogP contribution in [0.5, 0.6) is 17.2 Å². The van der Waals surface area contributed by atoms with Gasteiger partial charge in [-0.15, -0.1) is 0 Å². The van der Waals surface area contributed by atoms with Crippen LogP contribution in [0.3, 0.4) is 0 Å². The number of anilines is 1. The monoisotopic (exact) mass is 345 g/mol. The first-order valence-electron chi connectivity index (χ1n) is 7.72. The highest BCUT2D eigenvalue weighted by Gasteiger charge is 2.23. The second-order valence-corrected chi connectivity index (χ2v) is 5.67. The number of carbonyl (C=O) groups is 1. The van der Waals surface area contributed by atoms with Crippen molar-refractivity contribution in [1.82, 2.24) is 0 Å². The number of ether oxygens (including phenoxy) is 3. The molecule has 0 spiro atoms. The molecule has 1 atom stereocenters. The maximum Gasteiger partial charge on any atom is 0.203 e. The molecule has 0 saturated heterocycles. The van der Waals surface area contributed by atoms with Crippen LogP contribution >= 0.6 is 0 Å². The topological polar surface area (TPSA) is 68.2 Å². The summed E-state index contributed by atoms with van der Waals surface area (Å²) in [5.74, 6) is 0.765. The summed E-state index contributed by atoms with van der Waals surface area (Å²) in [4.78, 5) is 14.5. The molecule has 0 saturated carbocycles. The van der Waals surface area contributed by atoms with E-state index in [1.54, 1.807) is 24.3 Å². The largest absolute Gasteiger partial charge is 0.493 e. The Labute approximate surface area is 147 Å². The molecular weight excluding hydrogens is 322 g/mol. The van der Waals surface area contributed by atoms with Gasteiger partial charge in [-0.05, 0) is 42.0 Å². The molecule has 25 heavy (non-hydrogen) atoms. The number of carbonyl (C=O) groups excluding carboxylic acids is 1. The highest BCUT2D eigenvalue weighted by atomic mass is 16.5. The summed E-state index contributed by atoms with van der Waals surface area (Å²) < 4.78 is 15.8. The number of hydrogen-bond donors (Lipinski definition) is 1. The normalized spacial score (nSPS) is 11.6. The zero-order valence-corrected chi connectivity index (χ0v) is 15.1. The molecule has 0 amide bonds. The highest BCUT2D eigenvalue weighted by molar-refractivity contribution is 6.00. The molecule has 2 rings (SSSR count). The van der Waals surface area contributed by atoms with Gasteiger partial charge in [-0.1, -0.05) is 0 Å². The molecule has 0 aliphatic heterocycles. The molecule has 2 aromatic rings. The van der Waals surface area contributed by atoms with E-state index >= 15 is 0 Å². The lowest BCUT2D eigenvalue weighted by molar-refractivity contribution is 0.0746. The van der Waals surface area contributed by atoms with Crippen LogP contribution in [-0.2, 0) is 0 Å². The van der Waals surface area contributed by atoms with Gasteiger partial charge in [0.1, 0.15) is 6.10 Å². The fourth-order valence-corrected chi connectivity index (χ4v) is 2.49. The van der Waals surface area contributed by atoms with Crippen molar-refractivity contribution in [3.8, 4) is 17.2 Å². The Kier molecular flexibility index (Phi) is 5.88. The third kappa shape index (κ3) is 3.85. The van der Waals surface area contributed by atoms with Crippen molar-refractivity contribution in [2.45, 2.75) is 6.10 Å². The summed E-state index contributed by atoms with van der Waals surface area (Å²) in [5, 5.41) is 10.5.